The number of H-pyrrole nitrogens is 1. The number of nitrogens with one attached hydrogen (secondary N) is 1. The van der Waals surface area contributed by atoms with Crippen molar-refractivity contribution in [1.29, 1.82) is 0 Å². The number of aromatic amines is 1. The molecule has 0 spiro atoms. The first-order chi connectivity index (χ1) is 20.1. The number of ether oxygens (including phenoxy) is 2. The van der Waals surface area contributed by atoms with E-state index in [2.05, 4.69) is 47.2 Å². The van der Waals surface area contributed by atoms with Gasteiger partial charge in [-0.2, -0.15) is 0 Å². The van der Waals surface area contributed by atoms with E-state index in [1.807, 2.05) is 42.5 Å². The molecule has 0 saturated heterocycles. The fraction of sp³-hybridized carbons (Fsp3) is 0.265. The van der Waals surface area contributed by atoms with Crippen LogP contribution in [0.25, 0.3) is 22.0 Å². The summed E-state index contributed by atoms with van der Waals surface area (Å²) in [7, 11) is 0. The number of amides is 1. The molecule has 0 radical (unpaired) electrons. The fourth-order valence-corrected chi connectivity index (χ4v) is 4.60. The molecule has 0 bridgehead atoms. The number of hydrogen-bond donors (Lipinski definition) is 2. The van der Waals surface area contributed by atoms with Gasteiger partial charge >= 0.3 is 12.1 Å². The van der Waals surface area contributed by atoms with Crippen LogP contribution in [0.3, 0.4) is 0 Å². The molecule has 0 atom stereocenters. The van der Waals surface area contributed by atoms with Crippen LogP contribution >= 0.6 is 0 Å². The molecular weight excluding hydrogens is 530 g/mol. The minimum atomic E-state index is -1.08. The monoisotopic (exact) mass is 567 g/mol. The standard InChI is InChI=1S/C34H37N3O5/c1-5-27(24-12-7-6-8-13-24)32(29-22-25-14-9-10-15-28(25)36-29)26-17-18-30(35-23-26)41-21-20-37(19-11-16-31(38)39)33(40)42-34(2,3)4/h6-18,22-23,36H,5,19-21H2,1-4H3,(H,38,39)/b16-11+,32-27+. The summed E-state index contributed by atoms with van der Waals surface area (Å²) >= 11 is 0. The van der Waals surface area contributed by atoms with E-state index in [0.717, 1.165) is 45.8 Å². The molecule has 0 unspecified atom stereocenters. The zero-order chi connectivity index (χ0) is 30.1. The molecule has 0 aliphatic heterocycles. The van der Waals surface area contributed by atoms with Crippen LogP contribution in [-0.4, -0.2) is 57.3 Å². The van der Waals surface area contributed by atoms with Gasteiger partial charge in [0.1, 0.15) is 12.2 Å². The van der Waals surface area contributed by atoms with Gasteiger partial charge in [0, 0.05) is 52.6 Å². The molecule has 0 aliphatic rings. The topological polar surface area (TPSA) is 105 Å². The lowest BCUT2D eigenvalue weighted by Gasteiger charge is -2.26. The van der Waals surface area contributed by atoms with Crippen LogP contribution in [0.5, 0.6) is 5.88 Å². The van der Waals surface area contributed by atoms with Crippen LogP contribution in [0, 0.1) is 0 Å². The maximum absolute atomic E-state index is 12.6. The largest absolute Gasteiger partial charge is 0.478 e. The van der Waals surface area contributed by atoms with Gasteiger partial charge in [-0.3, -0.25) is 0 Å². The molecule has 2 aromatic carbocycles. The molecule has 0 fully saturated rings. The normalized spacial score (nSPS) is 12.3. The quantitative estimate of drug-likeness (QED) is 0.186. The Labute approximate surface area is 246 Å². The molecule has 8 nitrogen and oxygen atoms in total. The molecule has 0 aliphatic carbocycles. The van der Waals surface area contributed by atoms with Gasteiger partial charge in [-0.05, 0) is 56.5 Å². The highest BCUT2D eigenvalue weighted by Gasteiger charge is 2.22. The number of benzene rings is 2. The molecule has 0 saturated carbocycles. The Bertz CT molecular complexity index is 1530. The molecule has 218 valence electrons. The summed E-state index contributed by atoms with van der Waals surface area (Å²) < 4.78 is 11.3. The highest BCUT2D eigenvalue weighted by Crippen LogP contribution is 2.35. The lowest BCUT2D eigenvalue weighted by atomic mass is 9.91. The highest BCUT2D eigenvalue weighted by atomic mass is 16.6. The number of carbonyl (C=O) groups is 2. The number of aromatic nitrogens is 2. The third kappa shape index (κ3) is 8.10. The summed E-state index contributed by atoms with van der Waals surface area (Å²) in [5.74, 6) is -0.670. The second-order valence-corrected chi connectivity index (χ2v) is 10.7. The van der Waals surface area contributed by atoms with E-state index in [0.29, 0.717) is 5.88 Å². The predicted octanol–water partition coefficient (Wildman–Crippen LogP) is 7.19. The number of carbonyl (C=O) groups excluding carboxylic acids is 1. The van der Waals surface area contributed by atoms with E-state index in [1.165, 1.54) is 16.5 Å². The van der Waals surface area contributed by atoms with Gasteiger partial charge < -0.3 is 24.5 Å². The van der Waals surface area contributed by atoms with Crippen molar-refractivity contribution in [3.63, 3.8) is 0 Å². The molecule has 2 aromatic heterocycles. The summed E-state index contributed by atoms with van der Waals surface area (Å²) in [6.07, 6.45) is 4.47. The average Bonchev–Trinajstić information content (AvgIpc) is 3.38. The summed E-state index contributed by atoms with van der Waals surface area (Å²) in [4.78, 5) is 33.1. The van der Waals surface area contributed by atoms with Crippen LogP contribution in [0.1, 0.15) is 50.9 Å². The van der Waals surface area contributed by atoms with Crippen LogP contribution < -0.4 is 4.74 Å². The third-order valence-corrected chi connectivity index (χ3v) is 6.45. The van der Waals surface area contributed by atoms with Crippen molar-refractivity contribution >= 4 is 34.1 Å². The van der Waals surface area contributed by atoms with Crippen LogP contribution in [0.4, 0.5) is 4.79 Å². The van der Waals surface area contributed by atoms with E-state index < -0.39 is 17.7 Å². The van der Waals surface area contributed by atoms with Crippen LogP contribution in [0.2, 0.25) is 0 Å². The maximum Gasteiger partial charge on any atom is 0.410 e. The Balaban J connectivity index is 1.56. The van der Waals surface area contributed by atoms with Crippen molar-refractivity contribution in [3.05, 3.63) is 108 Å². The number of allylic oxidation sites excluding steroid dienone is 1. The van der Waals surface area contributed by atoms with Gasteiger partial charge in [-0.25, -0.2) is 14.6 Å². The SMILES string of the molecule is CC/C(=C(/c1ccc(OCCN(C/C=C/C(=O)O)C(=O)OC(C)(C)C)nc1)c1cc2ccccc2[nH]1)c1ccccc1. The average molecular weight is 568 g/mol. The van der Waals surface area contributed by atoms with Crippen molar-refractivity contribution in [3.8, 4) is 5.88 Å². The summed E-state index contributed by atoms with van der Waals surface area (Å²) in [6, 6.07) is 24.5. The second-order valence-electron chi connectivity index (χ2n) is 10.7. The number of rotatable bonds is 11. The van der Waals surface area contributed by atoms with Gasteiger partial charge in [-0.15, -0.1) is 0 Å². The molecule has 2 N–H and O–H groups in total. The van der Waals surface area contributed by atoms with E-state index in [1.54, 1.807) is 27.0 Å². The molecule has 4 rings (SSSR count). The number of fused-ring (bicyclic) bond motifs is 1. The van der Waals surface area contributed by atoms with Crippen LogP contribution in [-0.2, 0) is 9.53 Å². The molecule has 1 amide bonds. The zero-order valence-corrected chi connectivity index (χ0v) is 24.5. The molecule has 2 heterocycles. The number of aliphatic carboxylic acids is 1. The van der Waals surface area contributed by atoms with E-state index >= 15 is 0 Å². The maximum atomic E-state index is 12.6. The van der Waals surface area contributed by atoms with Crippen LogP contribution in [0.15, 0.2) is 91.1 Å². The smallest absolute Gasteiger partial charge is 0.410 e. The number of nitrogens with zero attached hydrogens (tertiary/aromatic N) is 2. The second kappa shape index (κ2) is 13.7. The first-order valence-electron chi connectivity index (χ1n) is 14.0. The molecule has 8 heteroatoms. The number of hydrogen-bond acceptors (Lipinski definition) is 5. The number of carboxylic acid groups (broad SMARTS) is 1. The Morgan fingerprint density at radius 3 is 2.38 bits per heavy atom. The third-order valence-electron chi connectivity index (χ3n) is 6.45. The minimum Gasteiger partial charge on any atom is -0.478 e. The summed E-state index contributed by atoms with van der Waals surface area (Å²) in [5.41, 5.74) is 5.75. The van der Waals surface area contributed by atoms with E-state index in [4.69, 9.17) is 14.6 Å². The lowest BCUT2D eigenvalue weighted by Crippen LogP contribution is -2.39. The Morgan fingerprint density at radius 1 is 1.00 bits per heavy atom. The molecule has 42 heavy (non-hydrogen) atoms. The number of para-hydroxylation sites is 1. The Morgan fingerprint density at radius 2 is 1.74 bits per heavy atom. The summed E-state index contributed by atoms with van der Waals surface area (Å²) in [5, 5.41) is 10.0. The van der Waals surface area contributed by atoms with E-state index in [9.17, 15) is 9.59 Å². The Kier molecular flexibility index (Phi) is 9.81. The minimum absolute atomic E-state index is 0.0782. The van der Waals surface area contributed by atoms with E-state index in [-0.39, 0.29) is 19.7 Å². The first kappa shape index (κ1) is 30.1. The van der Waals surface area contributed by atoms with Crippen molar-refractivity contribution < 1.29 is 24.2 Å². The van der Waals surface area contributed by atoms with Gasteiger partial charge in [0.2, 0.25) is 5.88 Å². The predicted molar refractivity (Wildman–Crippen MR) is 165 cm³/mol. The van der Waals surface area contributed by atoms with Crippen molar-refractivity contribution in [1.82, 2.24) is 14.9 Å². The lowest BCUT2D eigenvalue weighted by molar-refractivity contribution is -0.131. The van der Waals surface area contributed by atoms with Crippen molar-refractivity contribution in [2.75, 3.05) is 19.7 Å². The Hall–Kier alpha value is -4.85. The van der Waals surface area contributed by atoms with Gasteiger partial charge in [0.25, 0.3) is 0 Å². The highest BCUT2D eigenvalue weighted by molar-refractivity contribution is 6.00. The van der Waals surface area contributed by atoms with Gasteiger partial charge in [0.15, 0.2) is 0 Å². The summed E-state index contributed by atoms with van der Waals surface area (Å²) in [6.45, 7) is 7.90. The molecular formula is C34H37N3O5. The number of pyridine rings is 1. The first-order valence-corrected chi connectivity index (χ1v) is 14.0. The van der Waals surface area contributed by atoms with Crippen molar-refractivity contribution in [2.24, 2.45) is 0 Å². The zero-order valence-electron chi connectivity index (χ0n) is 24.5. The van der Waals surface area contributed by atoms with Gasteiger partial charge in [0.05, 0.1) is 6.54 Å². The fourth-order valence-electron chi connectivity index (χ4n) is 4.60. The van der Waals surface area contributed by atoms with Crippen molar-refractivity contribution in [2.45, 2.75) is 39.7 Å². The van der Waals surface area contributed by atoms with Gasteiger partial charge in [-0.1, -0.05) is 61.5 Å². The number of carboxylic acids is 1. The molecule has 4 aromatic rings.